The topological polar surface area (TPSA) is 101 Å². The lowest BCUT2D eigenvalue weighted by atomic mass is 10.2. The van der Waals surface area contributed by atoms with Crippen molar-refractivity contribution < 1.29 is 13.2 Å². The van der Waals surface area contributed by atoms with Gasteiger partial charge in [-0.1, -0.05) is 30.3 Å². The Morgan fingerprint density at radius 3 is 2.50 bits per heavy atom. The van der Waals surface area contributed by atoms with Crippen molar-refractivity contribution in [2.75, 3.05) is 12.3 Å². The van der Waals surface area contributed by atoms with Gasteiger partial charge in [0.25, 0.3) is 0 Å². The minimum absolute atomic E-state index is 0. The average molecular weight is 350 g/mol. The Kier molecular flexibility index (Phi) is 10.0. The zero-order valence-electron chi connectivity index (χ0n) is 12.6. The quantitative estimate of drug-likeness (QED) is 0.613. The summed E-state index contributed by atoms with van der Waals surface area (Å²) in [6.45, 7) is 2.18. The Morgan fingerprint density at radius 2 is 1.91 bits per heavy atom. The largest absolute Gasteiger partial charge is 0.355 e. The number of benzene rings is 1. The first kappa shape index (κ1) is 20.9. The number of rotatable bonds is 9. The van der Waals surface area contributed by atoms with Gasteiger partial charge >= 0.3 is 0 Å². The third-order valence-corrected chi connectivity index (χ3v) is 4.18. The molecule has 1 amide bonds. The van der Waals surface area contributed by atoms with E-state index in [0.29, 0.717) is 12.8 Å². The van der Waals surface area contributed by atoms with Crippen LogP contribution in [0.15, 0.2) is 30.3 Å². The first-order chi connectivity index (χ1) is 9.89. The van der Waals surface area contributed by atoms with Gasteiger partial charge in [0.15, 0.2) is 0 Å². The molecule has 1 rings (SSSR count). The summed E-state index contributed by atoms with van der Waals surface area (Å²) in [7, 11) is -3.40. The molecule has 0 aliphatic heterocycles. The number of nitrogens with two attached hydrogens (primary N) is 1. The number of hydrogen-bond donors (Lipinski definition) is 3. The summed E-state index contributed by atoms with van der Waals surface area (Å²) in [5.41, 5.74) is 6.44. The van der Waals surface area contributed by atoms with E-state index >= 15 is 0 Å². The number of sulfonamides is 1. The van der Waals surface area contributed by atoms with Crippen LogP contribution >= 0.6 is 12.4 Å². The van der Waals surface area contributed by atoms with Crippen LogP contribution in [0.2, 0.25) is 0 Å². The molecule has 1 aromatic carbocycles. The number of amides is 1. The van der Waals surface area contributed by atoms with Crippen LogP contribution in [0.1, 0.15) is 25.3 Å². The minimum atomic E-state index is -3.40. The molecule has 8 heteroatoms. The zero-order valence-corrected chi connectivity index (χ0v) is 14.3. The summed E-state index contributed by atoms with van der Waals surface area (Å²) >= 11 is 0. The van der Waals surface area contributed by atoms with Crippen LogP contribution in [0.25, 0.3) is 0 Å². The van der Waals surface area contributed by atoms with E-state index in [1.54, 1.807) is 0 Å². The smallest absolute Gasteiger partial charge is 0.220 e. The van der Waals surface area contributed by atoms with Gasteiger partial charge in [-0.3, -0.25) is 4.79 Å². The molecule has 0 aromatic heterocycles. The number of halogens is 1. The molecule has 0 saturated carbocycles. The Bertz CT molecular complexity index is 536. The van der Waals surface area contributed by atoms with Gasteiger partial charge < -0.3 is 11.1 Å². The molecule has 0 saturated heterocycles. The normalized spacial score (nSPS) is 12.3. The van der Waals surface area contributed by atoms with Gasteiger partial charge in [0.05, 0.1) is 5.75 Å². The third kappa shape index (κ3) is 9.73. The van der Waals surface area contributed by atoms with E-state index in [4.69, 9.17) is 5.73 Å². The van der Waals surface area contributed by atoms with Crippen molar-refractivity contribution in [3.05, 3.63) is 35.9 Å². The standard InChI is InChI=1S/C14H23N3O3S.ClH/c1-12(15)7-8-14(18)16-9-10-21(19,20)17-11-13-5-3-2-4-6-13;/h2-6,12,17H,7-11,15H2,1H3,(H,16,18);1H. The highest BCUT2D eigenvalue weighted by Crippen LogP contribution is 1.98. The predicted octanol–water partition coefficient (Wildman–Crippen LogP) is 0.771. The highest BCUT2D eigenvalue weighted by molar-refractivity contribution is 7.89. The summed E-state index contributed by atoms with van der Waals surface area (Å²) in [4.78, 5) is 11.4. The van der Waals surface area contributed by atoms with Gasteiger partial charge in [0, 0.05) is 25.6 Å². The number of carbonyl (C=O) groups is 1. The van der Waals surface area contributed by atoms with Gasteiger partial charge in [-0.05, 0) is 18.9 Å². The fourth-order valence-electron chi connectivity index (χ4n) is 1.63. The van der Waals surface area contributed by atoms with E-state index in [1.807, 2.05) is 37.3 Å². The molecule has 1 unspecified atom stereocenters. The monoisotopic (exact) mass is 349 g/mol. The van der Waals surface area contributed by atoms with E-state index in [0.717, 1.165) is 5.56 Å². The molecular weight excluding hydrogens is 326 g/mol. The Balaban J connectivity index is 0.00000441. The van der Waals surface area contributed by atoms with Gasteiger partial charge in [-0.15, -0.1) is 12.4 Å². The van der Waals surface area contributed by atoms with Crippen LogP contribution in [0.3, 0.4) is 0 Å². The molecule has 0 aliphatic carbocycles. The maximum Gasteiger partial charge on any atom is 0.220 e. The van der Waals surface area contributed by atoms with Crippen molar-refractivity contribution in [2.24, 2.45) is 5.73 Å². The van der Waals surface area contributed by atoms with Gasteiger partial charge in [0.1, 0.15) is 0 Å². The lowest BCUT2D eigenvalue weighted by Gasteiger charge is -2.09. The summed E-state index contributed by atoms with van der Waals surface area (Å²) in [5.74, 6) is -0.311. The zero-order chi connectivity index (χ0) is 15.7. The van der Waals surface area contributed by atoms with Crippen LogP contribution in [0, 0.1) is 0 Å². The SMILES string of the molecule is CC(N)CCC(=O)NCCS(=O)(=O)NCc1ccccc1.Cl. The van der Waals surface area contributed by atoms with E-state index in [9.17, 15) is 13.2 Å². The molecule has 126 valence electrons. The second kappa shape index (κ2) is 10.6. The summed E-state index contributed by atoms with van der Waals surface area (Å²) in [6.07, 6.45) is 0.903. The molecule has 22 heavy (non-hydrogen) atoms. The van der Waals surface area contributed by atoms with Crippen molar-refractivity contribution >= 4 is 28.3 Å². The second-order valence-electron chi connectivity index (χ2n) is 4.99. The third-order valence-electron chi connectivity index (χ3n) is 2.86. The lowest BCUT2D eigenvalue weighted by Crippen LogP contribution is -2.34. The number of hydrogen-bond acceptors (Lipinski definition) is 4. The second-order valence-corrected chi connectivity index (χ2v) is 6.92. The molecule has 0 fully saturated rings. The molecule has 1 atom stereocenters. The summed E-state index contributed by atoms with van der Waals surface area (Å²) in [6, 6.07) is 9.23. The molecule has 0 heterocycles. The molecule has 0 aliphatic rings. The Hall–Kier alpha value is -1.15. The van der Waals surface area contributed by atoms with Crippen LogP contribution in [0.4, 0.5) is 0 Å². The van der Waals surface area contributed by atoms with E-state index < -0.39 is 10.0 Å². The van der Waals surface area contributed by atoms with Crippen molar-refractivity contribution in [1.82, 2.24) is 10.0 Å². The number of carbonyl (C=O) groups excluding carboxylic acids is 1. The molecule has 0 radical (unpaired) electrons. The first-order valence-corrected chi connectivity index (χ1v) is 8.58. The minimum Gasteiger partial charge on any atom is -0.355 e. The average Bonchev–Trinajstić information content (AvgIpc) is 2.44. The molecule has 6 nitrogen and oxygen atoms in total. The highest BCUT2D eigenvalue weighted by Gasteiger charge is 2.11. The van der Waals surface area contributed by atoms with Crippen molar-refractivity contribution in [3.8, 4) is 0 Å². The van der Waals surface area contributed by atoms with Crippen molar-refractivity contribution in [3.63, 3.8) is 0 Å². The number of nitrogens with one attached hydrogen (secondary N) is 2. The first-order valence-electron chi connectivity index (χ1n) is 6.92. The maximum absolute atomic E-state index is 11.8. The van der Waals surface area contributed by atoms with Gasteiger partial charge in [-0.25, -0.2) is 13.1 Å². The Morgan fingerprint density at radius 1 is 1.27 bits per heavy atom. The fraction of sp³-hybridized carbons (Fsp3) is 0.500. The van der Waals surface area contributed by atoms with Crippen molar-refractivity contribution in [1.29, 1.82) is 0 Å². The highest BCUT2D eigenvalue weighted by atomic mass is 35.5. The fourth-order valence-corrected chi connectivity index (χ4v) is 2.53. The molecule has 1 aromatic rings. The van der Waals surface area contributed by atoms with E-state index in [-0.39, 0.29) is 43.2 Å². The van der Waals surface area contributed by atoms with Crippen LogP contribution in [0.5, 0.6) is 0 Å². The molecule has 0 spiro atoms. The Labute approximate surface area is 138 Å². The van der Waals surface area contributed by atoms with E-state index in [2.05, 4.69) is 10.0 Å². The van der Waals surface area contributed by atoms with Gasteiger partial charge in [-0.2, -0.15) is 0 Å². The maximum atomic E-state index is 11.8. The van der Waals surface area contributed by atoms with Crippen LogP contribution < -0.4 is 15.8 Å². The van der Waals surface area contributed by atoms with Gasteiger partial charge in [0.2, 0.25) is 15.9 Å². The molecule has 0 bridgehead atoms. The molecular formula is C14H24ClN3O3S. The van der Waals surface area contributed by atoms with Crippen LogP contribution in [-0.2, 0) is 21.4 Å². The lowest BCUT2D eigenvalue weighted by molar-refractivity contribution is -0.121. The van der Waals surface area contributed by atoms with Crippen molar-refractivity contribution in [2.45, 2.75) is 32.4 Å². The molecule has 4 N–H and O–H groups in total. The summed E-state index contributed by atoms with van der Waals surface area (Å²) < 4.78 is 26.0. The summed E-state index contributed by atoms with van der Waals surface area (Å²) in [5, 5.41) is 2.58. The van der Waals surface area contributed by atoms with Crippen LogP contribution in [-0.4, -0.2) is 32.7 Å². The predicted molar refractivity (Wildman–Crippen MR) is 90.2 cm³/mol. The van der Waals surface area contributed by atoms with E-state index in [1.165, 1.54) is 0 Å².